The van der Waals surface area contributed by atoms with Crippen LogP contribution in [0.3, 0.4) is 0 Å². The Morgan fingerprint density at radius 3 is 2.64 bits per heavy atom. The van der Waals surface area contributed by atoms with Crippen LogP contribution in [-0.2, 0) is 0 Å². The summed E-state index contributed by atoms with van der Waals surface area (Å²) in [5.74, 6) is -1.24. The molecule has 0 aliphatic carbocycles. The smallest absolute Gasteiger partial charge is 0.355 e. The molecule has 0 spiro atoms. The van der Waals surface area contributed by atoms with E-state index in [9.17, 15) is 13.6 Å². The van der Waals surface area contributed by atoms with Crippen molar-refractivity contribution in [3.63, 3.8) is 0 Å². The molecule has 0 aliphatic rings. The van der Waals surface area contributed by atoms with Gasteiger partial charge in [0.05, 0.1) is 5.56 Å². The molecular weight excluding hydrogens is 375 g/mol. The Morgan fingerprint density at radius 2 is 2.21 bits per heavy atom. The summed E-state index contributed by atoms with van der Waals surface area (Å²) in [6.45, 7) is 0. The quantitative estimate of drug-likeness (QED) is 0.636. The van der Waals surface area contributed by atoms with Gasteiger partial charge in [-0.3, -0.25) is 0 Å². The van der Waals surface area contributed by atoms with E-state index in [0.29, 0.717) is 0 Å². The third kappa shape index (κ3) is 2.38. The molecule has 3 nitrogen and oxygen atoms in total. The van der Waals surface area contributed by atoms with Gasteiger partial charge in [-0.25, -0.2) is 18.6 Å². The van der Waals surface area contributed by atoms with Gasteiger partial charge in [-0.1, -0.05) is 0 Å². The first-order valence-electron chi connectivity index (χ1n) is 3.31. The molecule has 0 fully saturated rings. The molecule has 0 aliphatic heterocycles. The zero-order valence-corrected chi connectivity index (χ0v) is 10.2. The summed E-state index contributed by atoms with van der Waals surface area (Å²) in [5.41, 5.74) is -0.540. The van der Waals surface area contributed by atoms with E-state index in [1.807, 2.05) is 0 Å². The van der Waals surface area contributed by atoms with E-state index in [1.54, 1.807) is 22.6 Å². The molecule has 0 bridgehead atoms. The molecule has 1 aromatic heterocycles. The molecule has 76 valence electrons. The lowest BCUT2D eigenvalue weighted by atomic mass is 10.2. The molecular formula is C7H3BrF2INO2. The van der Waals surface area contributed by atoms with Crippen LogP contribution in [0.25, 0.3) is 0 Å². The van der Waals surface area contributed by atoms with Crippen LogP contribution in [-0.4, -0.2) is 16.1 Å². The van der Waals surface area contributed by atoms with Crippen molar-refractivity contribution in [2.24, 2.45) is 0 Å². The number of rotatable bonds is 2. The Morgan fingerprint density at radius 1 is 1.64 bits per heavy atom. The van der Waals surface area contributed by atoms with Crippen molar-refractivity contribution in [1.82, 2.24) is 4.98 Å². The monoisotopic (exact) mass is 377 g/mol. The molecule has 0 atom stereocenters. The number of alkyl halides is 2. The zero-order chi connectivity index (χ0) is 10.9. The number of pyridine rings is 1. The summed E-state index contributed by atoms with van der Waals surface area (Å²) in [6.07, 6.45) is -2.67. The number of hydrogen-bond donors (Lipinski definition) is 1. The highest BCUT2D eigenvalue weighted by atomic mass is 127. The highest BCUT2D eigenvalue weighted by Gasteiger charge is 2.18. The van der Waals surface area contributed by atoms with Crippen LogP contribution >= 0.6 is 38.5 Å². The molecule has 1 rings (SSSR count). The summed E-state index contributed by atoms with van der Waals surface area (Å²) in [6, 6.07) is 1.10. The maximum Gasteiger partial charge on any atom is 0.355 e. The minimum Gasteiger partial charge on any atom is -0.476 e. The Balaban J connectivity index is 3.31. The predicted molar refractivity (Wildman–Crippen MR) is 56.6 cm³/mol. The molecule has 1 heterocycles. The highest BCUT2D eigenvalue weighted by molar-refractivity contribution is 14.1. The number of carboxylic acid groups (broad SMARTS) is 1. The Labute approximate surface area is 99.8 Å². The molecule has 1 N–H and O–H groups in total. The molecule has 0 aromatic carbocycles. The fraction of sp³-hybridized carbons (Fsp3) is 0.143. The van der Waals surface area contributed by atoms with Crippen LogP contribution in [0.1, 0.15) is 22.5 Å². The number of halogens is 4. The van der Waals surface area contributed by atoms with Gasteiger partial charge in [-0.05, 0) is 44.6 Å². The number of hydrogen-bond acceptors (Lipinski definition) is 2. The fourth-order valence-corrected chi connectivity index (χ4v) is 1.94. The standard InChI is InChI=1S/C7H3BrF2INO2/c8-5-2(6(9)10)1-3(11)4(12-5)7(13)14/h1,6H,(H,13,14). The summed E-state index contributed by atoms with van der Waals surface area (Å²) >= 11 is 4.45. The van der Waals surface area contributed by atoms with Crippen molar-refractivity contribution in [3.8, 4) is 0 Å². The number of aromatic nitrogens is 1. The van der Waals surface area contributed by atoms with Gasteiger partial charge < -0.3 is 5.11 Å². The van der Waals surface area contributed by atoms with E-state index in [0.717, 1.165) is 6.07 Å². The van der Waals surface area contributed by atoms with Crippen molar-refractivity contribution in [2.45, 2.75) is 6.43 Å². The first-order chi connectivity index (χ1) is 6.43. The molecule has 0 saturated heterocycles. The van der Waals surface area contributed by atoms with Gasteiger partial charge in [-0.15, -0.1) is 0 Å². The lowest BCUT2D eigenvalue weighted by Gasteiger charge is -2.05. The minimum atomic E-state index is -2.67. The highest BCUT2D eigenvalue weighted by Crippen LogP contribution is 2.28. The topological polar surface area (TPSA) is 50.2 Å². The second-order valence-electron chi connectivity index (χ2n) is 2.30. The van der Waals surface area contributed by atoms with Crippen LogP contribution in [0, 0.1) is 3.57 Å². The first kappa shape index (κ1) is 11.8. The average molecular weight is 378 g/mol. The molecule has 0 amide bonds. The van der Waals surface area contributed by atoms with E-state index in [1.165, 1.54) is 0 Å². The van der Waals surface area contributed by atoms with Crippen LogP contribution < -0.4 is 0 Å². The zero-order valence-electron chi connectivity index (χ0n) is 6.47. The van der Waals surface area contributed by atoms with E-state index in [4.69, 9.17) is 5.11 Å². The second-order valence-corrected chi connectivity index (χ2v) is 4.22. The lowest BCUT2D eigenvalue weighted by Crippen LogP contribution is -2.05. The lowest BCUT2D eigenvalue weighted by molar-refractivity contribution is 0.0688. The molecule has 0 radical (unpaired) electrons. The fourth-order valence-electron chi connectivity index (χ4n) is 0.784. The van der Waals surface area contributed by atoms with Gasteiger partial charge >= 0.3 is 5.97 Å². The molecule has 0 unspecified atom stereocenters. The van der Waals surface area contributed by atoms with Crippen LogP contribution in [0.2, 0.25) is 0 Å². The van der Waals surface area contributed by atoms with Gasteiger partial charge in [0.2, 0.25) is 0 Å². The normalized spacial score (nSPS) is 10.6. The van der Waals surface area contributed by atoms with Crippen molar-refractivity contribution in [2.75, 3.05) is 0 Å². The maximum atomic E-state index is 12.3. The summed E-state index contributed by atoms with van der Waals surface area (Å²) in [4.78, 5) is 14.1. The van der Waals surface area contributed by atoms with E-state index in [2.05, 4.69) is 20.9 Å². The van der Waals surface area contributed by atoms with Gasteiger partial charge in [0.15, 0.2) is 5.69 Å². The number of nitrogens with zero attached hydrogens (tertiary/aromatic N) is 1. The van der Waals surface area contributed by atoms with Gasteiger partial charge in [0, 0.05) is 3.57 Å². The van der Waals surface area contributed by atoms with Crippen LogP contribution in [0.15, 0.2) is 10.7 Å². The SMILES string of the molecule is O=C(O)c1nc(Br)c(C(F)F)cc1I. The number of aromatic carboxylic acids is 1. The maximum absolute atomic E-state index is 12.3. The Kier molecular flexibility index (Phi) is 3.76. The van der Waals surface area contributed by atoms with Gasteiger partial charge in [0.25, 0.3) is 6.43 Å². The minimum absolute atomic E-state index is 0.134. The third-order valence-electron chi connectivity index (χ3n) is 1.39. The molecule has 0 saturated carbocycles. The average Bonchev–Trinajstić information content (AvgIpc) is 2.07. The predicted octanol–water partition coefficient (Wildman–Crippen LogP) is 3.08. The Hall–Kier alpha value is -0.310. The van der Waals surface area contributed by atoms with Gasteiger partial charge in [-0.2, -0.15) is 0 Å². The molecule has 1 aromatic rings. The van der Waals surface area contributed by atoms with E-state index >= 15 is 0 Å². The summed E-state index contributed by atoms with van der Waals surface area (Å²) in [5, 5.41) is 8.64. The third-order valence-corrected chi connectivity index (χ3v) is 2.85. The largest absolute Gasteiger partial charge is 0.476 e. The molecule has 14 heavy (non-hydrogen) atoms. The van der Waals surface area contributed by atoms with Crippen molar-refractivity contribution < 1.29 is 18.7 Å². The van der Waals surface area contributed by atoms with Crippen molar-refractivity contribution in [1.29, 1.82) is 0 Å². The van der Waals surface area contributed by atoms with Gasteiger partial charge in [0.1, 0.15) is 4.60 Å². The second kappa shape index (κ2) is 4.47. The number of carboxylic acids is 1. The van der Waals surface area contributed by atoms with E-state index < -0.39 is 12.4 Å². The Bertz CT molecular complexity index is 386. The van der Waals surface area contributed by atoms with Crippen molar-refractivity contribution >= 4 is 44.5 Å². The van der Waals surface area contributed by atoms with Crippen molar-refractivity contribution in [3.05, 3.63) is 25.5 Å². The first-order valence-corrected chi connectivity index (χ1v) is 5.18. The molecule has 7 heteroatoms. The number of carbonyl (C=O) groups is 1. The summed E-state index contributed by atoms with van der Waals surface area (Å²) < 4.78 is 24.7. The summed E-state index contributed by atoms with van der Waals surface area (Å²) in [7, 11) is 0. The van der Waals surface area contributed by atoms with Crippen LogP contribution in [0.4, 0.5) is 8.78 Å². The van der Waals surface area contributed by atoms with Crippen LogP contribution in [0.5, 0.6) is 0 Å². The van der Waals surface area contributed by atoms with E-state index in [-0.39, 0.29) is 19.4 Å².